The van der Waals surface area contributed by atoms with Crippen LogP contribution in [0.2, 0.25) is 0 Å². The van der Waals surface area contributed by atoms with Gasteiger partial charge in [-0.3, -0.25) is 0 Å². The Balaban J connectivity index is 2.45. The van der Waals surface area contributed by atoms with Gasteiger partial charge < -0.3 is 5.11 Å². The average Bonchev–Trinajstić information content (AvgIpc) is 2.36. The van der Waals surface area contributed by atoms with Crippen LogP contribution in [0.3, 0.4) is 0 Å². The van der Waals surface area contributed by atoms with E-state index in [0.29, 0.717) is 12.0 Å². The molecule has 1 aliphatic rings. The molecule has 0 bridgehead atoms. The molecular formula is C7H14OS. The maximum absolute atomic E-state index is 9.00. The first-order valence-electron chi connectivity index (χ1n) is 3.51. The minimum absolute atomic E-state index is 0.296. The van der Waals surface area contributed by atoms with Gasteiger partial charge >= 0.3 is 0 Å². The summed E-state index contributed by atoms with van der Waals surface area (Å²) in [7, 11) is 0. The molecule has 1 atom stereocenters. The normalized spacial score (nSPS) is 35.3. The number of rotatable bonds is 2. The number of hydrogen-bond acceptors (Lipinski definition) is 2. The second-order valence-electron chi connectivity index (χ2n) is 2.81. The van der Waals surface area contributed by atoms with Gasteiger partial charge in [-0.25, -0.2) is 0 Å². The van der Waals surface area contributed by atoms with Gasteiger partial charge in [0.1, 0.15) is 0 Å². The van der Waals surface area contributed by atoms with Crippen molar-refractivity contribution in [3.8, 4) is 0 Å². The number of aliphatic hydroxyl groups excluding tert-OH is 1. The van der Waals surface area contributed by atoms with Crippen LogP contribution in [0.4, 0.5) is 0 Å². The second-order valence-corrected chi connectivity index (χ2v) is 3.92. The summed E-state index contributed by atoms with van der Waals surface area (Å²) in [4.78, 5) is 0. The van der Waals surface area contributed by atoms with Crippen LogP contribution >= 0.6 is 11.8 Å². The summed E-state index contributed by atoms with van der Waals surface area (Å²) in [6.07, 6.45) is 2.35. The van der Waals surface area contributed by atoms with Gasteiger partial charge in [-0.05, 0) is 18.6 Å². The van der Waals surface area contributed by atoms with Crippen molar-refractivity contribution in [1.29, 1.82) is 0 Å². The maximum Gasteiger partial charge on any atom is 0.0495 e. The molecule has 0 radical (unpaired) electrons. The molecule has 1 aliphatic heterocycles. The van der Waals surface area contributed by atoms with E-state index in [2.05, 4.69) is 6.92 Å². The summed E-state index contributed by atoms with van der Waals surface area (Å²) in [5.74, 6) is 2.41. The molecule has 1 N–H and O–H groups in total. The van der Waals surface area contributed by atoms with E-state index in [0.717, 1.165) is 6.42 Å². The Labute approximate surface area is 60.8 Å². The Bertz CT molecular complexity index is 80.9. The van der Waals surface area contributed by atoms with Gasteiger partial charge in [0.05, 0.1) is 0 Å². The van der Waals surface area contributed by atoms with E-state index in [1.54, 1.807) is 0 Å². The van der Waals surface area contributed by atoms with E-state index >= 15 is 0 Å². The summed E-state index contributed by atoms with van der Waals surface area (Å²) in [5.41, 5.74) is 0.296. The third-order valence-electron chi connectivity index (χ3n) is 2.27. The van der Waals surface area contributed by atoms with Gasteiger partial charge in [-0.15, -0.1) is 0 Å². The van der Waals surface area contributed by atoms with Crippen LogP contribution in [0.5, 0.6) is 0 Å². The third kappa shape index (κ3) is 1.41. The average molecular weight is 146 g/mol. The molecule has 54 valence electrons. The predicted molar refractivity (Wildman–Crippen MR) is 41.8 cm³/mol. The van der Waals surface area contributed by atoms with Gasteiger partial charge in [-0.1, -0.05) is 6.92 Å². The Hall–Kier alpha value is 0.310. The smallest absolute Gasteiger partial charge is 0.0495 e. The van der Waals surface area contributed by atoms with Gasteiger partial charge in [0, 0.05) is 17.8 Å². The molecule has 0 aromatic rings. The number of thioether (sulfide) groups is 1. The number of hydrogen-bond donors (Lipinski definition) is 1. The monoisotopic (exact) mass is 146 g/mol. The van der Waals surface area contributed by atoms with Crippen molar-refractivity contribution >= 4 is 11.8 Å². The van der Waals surface area contributed by atoms with Crippen LogP contribution in [0, 0.1) is 5.41 Å². The summed E-state index contributed by atoms with van der Waals surface area (Å²) in [6, 6.07) is 0. The molecule has 1 heterocycles. The van der Waals surface area contributed by atoms with Crippen molar-refractivity contribution in [2.45, 2.75) is 19.8 Å². The highest BCUT2D eigenvalue weighted by atomic mass is 32.2. The molecule has 0 amide bonds. The van der Waals surface area contributed by atoms with Crippen molar-refractivity contribution in [2.75, 3.05) is 18.1 Å². The Morgan fingerprint density at radius 1 is 1.67 bits per heavy atom. The van der Waals surface area contributed by atoms with Gasteiger partial charge in [0.25, 0.3) is 0 Å². The lowest BCUT2D eigenvalue weighted by Gasteiger charge is -2.22. The molecule has 1 nitrogen and oxygen atoms in total. The van der Waals surface area contributed by atoms with Crippen LogP contribution in [0.25, 0.3) is 0 Å². The van der Waals surface area contributed by atoms with E-state index < -0.39 is 0 Å². The van der Waals surface area contributed by atoms with E-state index in [1.807, 2.05) is 11.8 Å². The lowest BCUT2D eigenvalue weighted by atomic mass is 9.86. The summed E-state index contributed by atoms with van der Waals surface area (Å²) < 4.78 is 0. The van der Waals surface area contributed by atoms with Crippen molar-refractivity contribution in [1.82, 2.24) is 0 Å². The molecule has 1 fully saturated rings. The van der Waals surface area contributed by atoms with Crippen LogP contribution in [-0.4, -0.2) is 23.2 Å². The quantitative estimate of drug-likeness (QED) is 0.637. The van der Waals surface area contributed by atoms with Crippen LogP contribution in [0.15, 0.2) is 0 Å². The highest BCUT2D eigenvalue weighted by Gasteiger charge is 2.31. The zero-order valence-corrected chi connectivity index (χ0v) is 6.71. The Morgan fingerprint density at radius 2 is 2.44 bits per heavy atom. The van der Waals surface area contributed by atoms with E-state index in [4.69, 9.17) is 5.11 Å². The molecular weight excluding hydrogens is 132 g/mol. The fourth-order valence-electron chi connectivity index (χ4n) is 1.16. The molecule has 0 saturated carbocycles. The molecule has 1 saturated heterocycles. The fourth-order valence-corrected chi connectivity index (χ4v) is 2.76. The first-order chi connectivity index (χ1) is 4.33. The Morgan fingerprint density at radius 3 is 2.67 bits per heavy atom. The molecule has 9 heavy (non-hydrogen) atoms. The summed E-state index contributed by atoms with van der Waals surface area (Å²) in [6.45, 7) is 2.55. The SMILES string of the molecule is CCC1(CO)CCSC1. The molecule has 0 aromatic carbocycles. The molecule has 1 unspecified atom stereocenters. The maximum atomic E-state index is 9.00. The highest BCUT2D eigenvalue weighted by molar-refractivity contribution is 7.99. The summed E-state index contributed by atoms with van der Waals surface area (Å²) in [5, 5.41) is 9.00. The first-order valence-corrected chi connectivity index (χ1v) is 4.67. The zero-order chi connectivity index (χ0) is 6.74. The molecule has 0 aliphatic carbocycles. The largest absolute Gasteiger partial charge is 0.396 e. The molecule has 0 spiro atoms. The van der Waals surface area contributed by atoms with Gasteiger partial charge in [-0.2, -0.15) is 11.8 Å². The second kappa shape index (κ2) is 2.93. The summed E-state index contributed by atoms with van der Waals surface area (Å²) >= 11 is 1.97. The minimum atomic E-state index is 0.296. The lowest BCUT2D eigenvalue weighted by molar-refractivity contribution is 0.144. The highest BCUT2D eigenvalue weighted by Crippen LogP contribution is 2.37. The van der Waals surface area contributed by atoms with Crippen LogP contribution in [0.1, 0.15) is 19.8 Å². The van der Waals surface area contributed by atoms with E-state index in [9.17, 15) is 0 Å². The topological polar surface area (TPSA) is 20.2 Å². The zero-order valence-electron chi connectivity index (χ0n) is 5.89. The molecule has 0 aromatic heterocycles. The van der Waals surface area contributed by atoms with Crippen LogP contribution in [-0.2, 0) is 0 Å². The standard InChI is InChI=1S/C7H14OS/c1-2-7(5-8)3-4-9-6-7/h8H,2-6H2,1H3. The van der Waals surface area contributed by atoms with Crippen molar-refractivity contribution in [3.63, 3.8) is 0 Å². The minimum Gasteiger partial charge on any atom is -0.396 e. The molecule has 2 heteroatoms. The van der Waals surface area contributed by atoms with Gasteiger partial charge in [0.15, 0.2) is 0 Å². The van der Waals surface area contributed by atoms with Crippen molar-refractivity contribution in [3.05, 3.63) is 0 Å². The van der Waals surface area contributed by atoms with E-state index in [1.165, 1.54) is 17.9 Å². The van der Waals surface area contributed by atoms with Crippen LogP contribution < -0.4 is 0 Å². The third-order valence-corrected chi connectivity index (χ3v) is 3.58. The number of aliphatic hydroxyl groups is 1. The fraction of sp³-hybridized carbons (Fsp3) is 1.00. The molecule has 1 rings (SSSR count). The van der Waals surface area contributed by atoms with Crippen molar-refractivity contribution < 1.29 is 5.11 Å². The Kier molecular flexibility index (Phi) is 2.42. The van der Waals surface area contributed by atoms with Crippen molar-refractivity contribution in [2.24, 2.45) is 5.41 Å². The van der Waals surface area contributed by atoms with E-state index in [-0.39, 0.29) is 0 Å². The van der Waals surface area contributed by atoms with Gasteiger partial charge in [0.2, 0.25) is 0 Å². The first kappa shape index (κ1) is 7.42. The lowest BCUT2D eigenvalue weighted by Crippen LogP contribution is -2.23. The predicted octanol–water partition coefficient (Wildman–Crippen LogP) is 1.51.